The van der Waals surface area contributed by atoms with Crippen LogP contribution in [-0.4, -0.2) is 42.5 Å². The number of hydrogen-bond acceptors (Lipinski definition) is 4. The minimum Gasteiger partial charge on any atom is -0.352 e. The molecule has 25 heavy (non-hydrogen) atoms. The maximum Gasteiger partial charge on any atom is 0.238 e. The fourth-order valence-electron chi connectivity index (χ4n) is 3.63. The van der Waals surface area contributed by atoms with Gasteiger partial charge >= 0.3 is 0 Å². The van der Waals surface area contributed by atoms with Crippen molar-refractivity contribution >= 4 is 21.8 Å². The Morgan fingerprint density at radius 3 is 2.64 bits per heavy atom. The van der Waals surface area contributed by atoms with Gasteiger partial charge in [-0.25, -0.2) is 10.9 Å². The number of carbonyl (C=O) groups excluding carboxylic acids is 1. The number of halogens is 1. The molecule has 0 radical (unpaired) electrons. The fraction of sp³-hybridized carbons (Fsp3) is 0.632. The Balaban J connectivity index is 1.43. The number of piperidine rings is 1. The number of hydrogen-bond donors (Lipinski definition) is 3. The minimum atomic E-state index is -0.160. The SMILES string of the molecule is CCCCN1CCC(NC(=O)C2CC(c3ccc(Br)cc3)NN2)CC1. The molecule has 2 fully saturated rings. The van der Waals surface area contributed by atoms with Crippen molar-refractivity contribution in [1.29, 1.82) is 0 Å². The lowest BCUT2D eigenvalue weighted by molar-refractivity contribution is -0.123. The summed E-state index contributed by atoms with van der Waals surface area (Å²) in [5, 5.41) is 3.24. The van der Waals surface area contributed by atoms with Crippen LogP contribution in [0.2, 0.25) is 0 Å². The van der Waals surface area contributed by atoms with E-state index in [4.69, 9.17) is 0 Å². The molecule has 138 valence electrons. The lowest BCUT2D eigenvalue weighted by atomic mass is 10.0. The lowest BCUT2D eigenvalue weighted by Crippen LogP contribution is -2.50. The summed E-state index contributed by atoms with van der Waals surface area (Å²) in [6.07, 6.45) is 5.42. The highest BCUT2D eigenvalue weighted by Crippen LogP contribution is 2.24. The normalized spacial score (nSPS) is 25.2. The number of likely N-dealkylation sites (tertiary alicyclic amines) is 1. The first kappa shape index (κ1) is 18.8. The quantitative estimate of drug-likeness (QED) is 0.677. The Morgan fingerprint density at radius 2 is 1.96 bits per heavy atom. The Bertz CT molecular complexity index is 557. The van der Waals surface area contributed by atoms with Crippen LogP contribution in [0.15, 0.2) is 28.7 Å². The molecule has 0 spiro atoms. The van der Waals surface area contributed by atoms with Gasteiger partial charge < -0.3 is 10.2 Å². The van der Waals surface area contributed by atoms with E-state index in [1.807, 2.05) is 12.1 Å². The van der Waals surface area contributed by atoms with E-state index in [9.17, 15) is 4.79 Å². The molecule has 6 heteroatoms. The summed E-state index contributed by atoms with van der Waals surface area (Å²) in [7, 11) is 0. The second kappa shape index (κ2) is 9.12. The van der Waals surface area contributed by atoms with Crippen molar-refractivity contribution in [3.05, 3.63) is 34.3 Å². The Hall–Kier alpha value is -0.950. The van der Waals surface area contributed by atoms with Crippen LogP contribution in [-0.2, 0) is 4.79 Å². The molecule has 1 amide bonds. The molecule has 2 unspecified atom stereocenters. The standard InChI is InChI=1S/C19H29BrN4O/c1-2-3-10-24-11-8-16(9-12-24)21-19(25)18-13-17(22-23-18)14-4-6-15(20)7-5-14/h4-7,16-18,22-23H,2-3,8-13H2,1H3,(H,21,25). The Morgan fingerprint density at radius 1 is 1.24 bits per heavy atom. The van der Waals surface area contributed by atoms with E-state index in [1.165, 1.54) is 24.9 Å². The zero-order valence-corrected chi connectivity index (χ0v) is 16.5. The Labute approximate surface area is 159 Å². The van der Waals surface area contributed by atoms with Crippen molar-refractivity contribution in [1.82, 2.24) is 21.1 Å². The van der Waals surface area contributed by atoms with Crippen LogP contribution in [0.1, 0.15) is 50.6 Å². The second-order valence-corrected chi connectivity index (χ2v) is 8.07. The van der Waals surface area contributed by atoms with Gasteiger partial charge in [-0.15, -0.1) is 0 Å². The molecule has 1 aromatic carbocycles. The van der Waals surface area contributed by atoms with E-state index in [1.54, 1.807) is 0 Å². The van der Waals surface area contributed by atoms with Gasteiger partial charge in [0, 0.05) is 29.6 Å². The van der Waals surface area contributed by atoms with Crippen LogP contribution in [0, 0.1) is 0 Å². The van der Waals surface area contributed by atoms with Crippen molar-refractivity contribution in [3.63, 3.8) is 0 Å². The first-order valence-electron chi connectivity index (χ1n) is 9.45. The molecule has 2 aliphatic rings. The molecule has 2 aliphatic heterocycles. The van der Waals surface area contributed by atoms with Crippen molar-refractivity contribution in [2.24, 2.45) is 0 Å². The summed E-state index contributed by atoms with van der Waals surface area (Å²) in [6, 6.07) is 8.60. The molecule has 2 saturated heterocycles. The van der Waals surface area contributed by atoms with Gasteiger partial charge in [0.25, 0.3) is 0 Å². The fourth-order valence-corrected chi connectivity index (χ4v) is 3.89. The van der Waals surface area contributed by atoms with Crippen LogP contribution >= 0.6 is 15.9 Å². The average Bonchev–Trinajstić information content (AvgIpc) is 3.12. The zero-order chi connectivity index (χ0) is 17.6. The van der Waals surface area contributed by atoms with Gasteiger partial charge in [-0.2, -0.15) is 0 Å². The van der Waals surface area contributed by atoms with Gasteiger partial charge in [0.15, 0.2) is 0 Å². The number of nitrogens with zero attached hydrogens (tertiary/aromatic N) is 1. The van der Waals surface area contributed by atoms with E-state index >= 15 is 0 Å². The summed E-state index contributed by atoms with van der Waals surface area (Å²) in [4.78, 5) is 15.1. The van der Waals surface area contributed by atoms with Crippen LogP contribution in [0.4, 0.5) is 0 Å². The molecule has 3 N–H and O–H groups in total. The predicted octanol–water partition coefficient (Wildman–Crippen LogP) is 2.74. The monoisotopic (exact) mass is 408 g/mol. The molecule has 2 atom stereocenters. The van der Waals surface area contributed by atoms with Crippen LogP contribution in [0.3, 0.4) is 0 Å². The number of nitrogens with one attached hydrogen (secondary N) is 3. The van der Waals surface area contributed by atoms with Gasteiger partial charge in [0.1, 0.15) is 6.04 Å². The highest BCUT2D eigenvalue weighted by Gasteiger charge is 2.31. The number of unbranched alkanes of at least 4 members (excludes halogenated alkanes) is 1. The maximum atomic E-state index is 12.6. The van der Waals surface area contributed by atoms with E-state index in [0.717, 1.165) is 36.8 Å². The number of hydrazine groups is 1. The van der Waals surface area contributed by atoms with E-state index in [0.29, 0.717) is 6.04 Å². The molecule has 1 aromatic rings. The first-order valence-corrected chi connectivity index (χ1v) is 10.2. The van der Waals surface area contributed by atoms with Crippen molar-refractivity contribution in [3.8, 4) is 0 Å². The van der Waals surface area contributed by atoms with Gasteiger partial charge in [-0.3, -0.25) is 4.79 Å². The molecule has 0 saturated carbocycles. The van der Waals surface area contributed by atoms with E-state index < -0.39 is 0 Å². The highest BCUT2D eigenvalue weighted by atomic mass is 79.9. The third-order valence-electron chi connectivity index (χ3n) is 5.25. The summed E-state index contributed by atoms with van der Waals surface area (Å²) < 4.78 is 1.07. The highest BCUT2D eigenvalue weighted by molar-refractivity contribution is 9.10. The molecule has 0 bridgehead atoms. The largest absolute Gasteiger partial charge is 0.352 e. The molecule has 0 aliphatic carbocycles. The lowest BCUT2D eigenvalue weighted by Gasteiger charge is -2.32. The molecular weight excluding hydrogens is 380 g/mol. The molecular formula is C19H29BrN4O. The first-order chi connectivity index (χ1) is 12.2. The maximum absolute atomic E-state index is 12.6. The van der Waals surface area contributed by atoms with Gasteiger partial charge in [0.2, 0.25) is 5.91 Å². The number of amides is 1. The van der Waals surface area contributed by atoms with Gasteiger partial charge in [0.05, 0.1) is 0 Å². The summed E-state index contributed by atoms with van der Waals surface area (Å²) in [5.41, 5.74) is 7.62. The minimum absolute atomic E-state index is 0.124. The van der Waals surface area contributed by atoms with Crippen LogP contribution in [0.5, 0.6) is 0 Å². The summed E-state index contributed by atoms with van der Waals surface area (Å²) in [6.45, 7) is 5.63. The van der Waals surface area contributed by atoms with E-state index in [2.05, 4.69) is 56.1 Å². The Kier molecular flexibility index (Phi) is 6.87. The third kappa shape index (κ3) is 5.26. The molecule has 0 aromatic heterocycles. The van der Waals surface area contributed by atoms with Crippen molar-refractivity contribution in [2.75, 3.05) is 19.6 Å². The zero-order valence-electron chi connectivity index (χ0n) is 14.9. The topological polar surface area (TPSA) is 56.4 Å². The van der Waals surface area contributed by atoms with Crippen LogP contribution in [0.25, 0.3) is 0 Å². The van der Waals surface area contributed by atoms with Crippen molar-refractivity contribution in [2.45, 2.75) is 57.2 Å². The van der Waals surface area contributed by atoms with E-state index in [-0.39, 0.29) is 18.0 Å². The second-order valence-electron chi connectivity index (χ2n) is 7.16. The average molecular weight is 409 g/mol. The third-order valence-corrected chi connectivity index (χ3v) is 5.78. The number of carbonyl (C=O) groups is 1. The number of benzene rings is 1. The summed E-state index contributed by atoms with van der Waals surface area (Å²) in [5.74, 6) is 0.124. The van der Waals surface area contributed by atoms with Crippen molar-refractivity contribution < 1.29 is 4.79 Å². The van der Waals surface area contributed by atoms with Gasteiger partial charge in [-0.1, -0.05) is 41.4 Å². The molecule has 3 rings (SSSR count). The smallest absolute Gasteiger partial charge is 0.238 e. The summed E-state index contributed by atoms with van der Waals surface area (Å²) >= 11 is 3.46. The predicted molar refractivity (Wildman–Crippen MR) is 104 cm³/mol. The number of rotatable bonds is 6. The van der Waals surface area contributed by atoms with Gasteiger partial charge in [-0.05, 0) is 49.9 Å². The molecule has 2 heterocycles. The van der Waals surface area contributed by atoms with Crippen LogP contribution < -0.4 is 16.2 Å². The molecule has 5 nitrogen and oxygen atoms in total.